The first kappa shape index (κ1) is 15.9. The molecular formula is C19H26N2O3. The van der Waals surface area contributed by atoms with Crippen LogP contribution in [0, 0.1) is 5.92 Å². The number of likely N-dealkylation sites (tertiary alicyclic amines) is 1. The Morgan fingerprint density at radius 1 is 1.33 bits per heavy atom. The van der Waals surface area contributed by atoms with Gasteiger partial charge in [0.05, 0.1) is 13.2 Å². The van der Waals surface area contributed by atoms with Gasteiger partial charge in [-0.05, 0) is 37.3 Å². The molecule has 0 radical (unpaired) electrons. The number of hydrogen-bond donors (Lipinski definition) is 1. The van der Waals surface area contributed by atoms with E-state index in [9.17, 15) is 4.79 Å². The van der Waals surface area contributed by atoms with Gasteiger partial charge < -0.3 is 19.7 Å². The summed E-state index contributed by atoms with van der Waals surface area (Å²) in [5, 5.41) is 3.12. The molecule has 2 amide bonds. The van der Waals surface area contributed by atoms with Crippen LogP contribution in [-0.4, -0.2) is 49.6 Å². The van der Waals surface area contributed by atoms with E-state index < -0.39 is 5.79 Å². The average Bonchev–Trinajstić information content (AvgIpc) is 3.04. The fourth-order valence-corrected chi connectivity index (χ4v) is 4.22. The number of benzene rings is 1. The van der Waals surface area contributed by atoms with Gasteiger partial charge in [-0.25, -0.2) is 4.79 Å². The first-order valence-corrected chi connectivity index (χ1v) is 9.04. The number of urea groups is 1. The quantitative estimate of drug-likeness (QED) is 0.926. The molecule has 2 heterocycles. The van der Waals surface area contributed by atoms with Gasteiger partial charge in [-0.3, -0.25) is 0 Å². The third-order valence-corrected chi connectivity index (χ3v) is 5.77. The zero-order chi connectivity index (χ0) is 16.6. The highest BCUT2D eigenvalue weighted by Gasteiger charge is 2.42. The van der Waals surface area contributed by atoms with Crippen molar-refractivity contribution in [2.45, 2.75) is 37.9 Å². The minimum atomic E-state index is -0.522. The Kier molecular flexibility index (Phi) is 4.22. The largest absolute Gasteiger partial charge is 0.347 e. The molecule has 130 valence electrons. The summed E-state index contributed by atoms with van der Waals surface area (Å²) >= 11 is 0. The Morgan fingerprint density at radius 2 is 2.12 bits per heavy atom. The molecule has 3 aliphatic rings. The molecule has 1 aromatic carbocycles. The van der Waals surface area contributed by atoms with Gasteiger partial charge in [0.2, 0.25) is 0 Å². The van der Waals surface area contributed by atoms with Crippen molar-refractivity contribution in [1.29, 1.82) is 0 Å². The van der Waals surface area contributed by atoms with Crippen LogP contribution in [0.2, 0.25) is 0 Å². The van der Waals surface area contributed by atoms with E-state index >= 15 is 0 Å². The number of rotatable bonds is 3. The molecule has 1 aromatic rings. The summed E-state index contributed by atoms with van der Waals surface area (Å²) in [5.74, 6) is 0.194. The fraction of sp³-hybridized carbons (Fsp3) is 0.632. The normalized spacial score (nSPS) is 28.1. The summed E-state index contributed by atoms with van der Waals surface area (Å²) in [6.45, 7) is 5.57. The average molecular weight is 330 g/mol. The first-order valence-electron chi connectivity index (χ1n) is 9.04. The first-order chi connectivity index (χ1) is 11.7. The zero-order valence-electron chi connectivity index (χ0n) is 14.3. The van der Waals surface area contributed by atoms with Crippen molar-refractivity contribution in [2.75, 3.05) is 32.8 Å². The Bertz CT molecular complexity index is 612. The standard InChI is InChI=1S/C19H26N2O3/c1-19(23-9-10-24-19)16-6-4-8-21(13-16)18(22)20-12-15-11-14-5-2-3-7-17(14)15/h2-3,5,7,15-16H,4,6,8-13H2,1H3,(H,20,22)/t15-,16+/m1/s1. The van der Waals surface area contributed by atoms with Crippen molar-refractivity contribution in [3.05, 3.63) is 35.4 Å². The van der Waals surface area contributed by atoms with Gasteiger partial charge >= 0.3 is 6.03 Å². The lowest BCUT2D eigenvalue weighted by molar-refractivity contribution is -0.189. The van der Waals surface area contributed by atoms with Crippen LogP contribution in [0.3, 0.4) is 0 Å². The maximum absolute atomic E-state index is 12.6. The summed E-state index contributed by atoms with van der Waals surface area (Å²) in [7, 11) is 0. The lowest BCUT2D eigenvalue weighted by atomic mass is 9.78. The Morgan fingerprint density at radius 3 is 2.92 bits per heavy atom. The van der Waals surface area contributed by atoms with Crippen LogP contribution in [0.25, 0.3) is 0 Å². The molecular weight excluding hydrogens is 304 g/mol. The summed E-state index contributed by atoms with van der Waals surface area (Å²) in [6.07, 6.45) is 3.13. The molecule has 2 atom stereocenters. The van der Waals surface area contributed by atoms with Crippen LogP contribution in [-0.2, 0) is 15.9 Å². The number of nitrogens with one attached hydrogen (secondary N) is 1. The summed E-state index contributed by atoms with van der Waals surface area (Å²) in [6, 6.07) is 8.54. The Hall–Kier alpha value is -1.59. The molecule has 4 rings (SSSR count). The predicted molar refractivity (Wildman–Crippen MR) is 90.9 cm³/mol. The molecule has 24 heavy (non-hydrogen) atoms. The maximum Gasteiger partial charge on any atom is 0.317 e. The Labute approximate surface area is 143 Å². The third-order valence-electron chi connectivity index (χ3n) is 5.77. The number of carbonyl (C=O) groups is 1. The van der Waals surface area contributed by atoms with Gasteiger partial charge in [0.1, 0.15) is 0 Å². The zero-order valence-corrected chi connectivity index (χ0v) is 14.3. The van der Waals surface area contributed by atoms with Crippen LogP contribution in [0.1, 0.15) is 36.8 Å². The van der Waals surface area contributed by atoms with Gasteiger partial charge in [0.25, 0.3) is 0 Å². The van der Waals surface area contributed by atoms with E-state index in [1.165, 1.54) is 11.1 Å². The molecule has 0 aromatic heterocycles. The number of piperidine rings is 1. The van der Waals surface area contributed by atoms with Crippen molar-refractivity contribution in [1.82, 2.24) is 10.2 Å². The third kappa shape index (κ3) is 2.91. The number of hydrogen-bond acceptors (Lipinski definition) is 3. The second-order valence-electron chi connectivity index (χ2n) is 7.28. The number of amides is 2. The molecule has 0 spiro atoms. The molecule has 0 unspecified atom stereocenters. The van der Waals surface area contributed by atoms with Crippen LogP contribution >= 0.6 is 0 Å². The number of carbonyl (C=O) groups excluding carboxylic acids is 1. The minimum Gasteiger partial charge on any atom is -0.347 e. The van der Waals surface area contributed by atoms with E-state index in [1.54, 1.807) is 0 Å². The van der Waals surface area contributed by atoms with E-state index in [1.807, 2.05) is 11.8 Å². The van der Waals surface area contributed by atoms with Gasteiger partial charge in [-0.2, -0.15) is 0 Å². The molecule has 2 aliphatic heterocycles. The van der Waals surface area contributed by atoms with E-state index in [2.05, 4.69) is 29.6 Å². The van der Waals surface area contributed by atoms with Crippen molar-refractivity contribution in [2.24, 2.45) is 5.92 Å². The summed E-state index contributed by atoms with van der Waals surface area (Å²) < 4.78 is 11.6. The molecule has 0 bridgehead atoms. The lowest BCUT2D eigenvalue weighted by Crippen LogP contribution is -2.52. The highest BCUT2D eigenvalue weighted by molar-refractivity contribution is 5.74. The molecule has 2 fully saturated rings. The van der Waals surface area contributed by atoms with Gasteiger partial charge in [0.15, 0.2) is 5.79 Å². The van der Waals surface area contributed by atoms with Gasteiger partial charge in [-0.1, -0.05) is 24.3 Å². The van der Waals surface area contributed by atoms with Crippen LogP contribution in [0.4, 0.5) is 4.79 Å². The van der Waals surface area contributed by atoms with Crippen LogP contribution in [0.5, 0.6) is 0 Å². The monoisotopic (exact) mass is 330 g/mol. The van der Waals surface area contributed by atoms with Crippen LogP contribution < -0.4 is 5.32 Å². The van der Waals surface area contributed by atoms with E-state index in [4.69, 9.17) is 9.47 Å². The second-order valence-corrected chi connectivity index (χ2v) is 7.28. The van der Waals surface area contributed by atoms with Gasteiger partial charge in [-0.15, -0.1) is 0 Å². The molecule has 1 N–H and O–H groups in total. The van der Waals surface area contributed by atoms with E-state index in [0.29, 0.717) is 25.7 Å². The summed E-state index contributed by atoms with van der Waals surface area (Å²) in [4.78, 5) is 14.5. The van der Waals surface area contributed by atoms with E-state index in [0.717, 1.165) is 32.4 Å². The summed E-state index contributed by atoms with van der Waals surface area (Å²) in [5.41, 5.74) is 2.80. The number of ether oxygens (including phenoxy) is 2. The molecule has 0 saturated carbocycles. The van der Waals surface area contributed by atoms with Crippen molar-refractivity contribution in [3.8, 4) is 0 Å². The highest BCUT2D eigenvalue weighted by atomic mass is 16.7. The smallest absolute Gasteiger partial charge is 0.317 e. The van der Waals surface area contributed by atoms with Gasteiger partial charge in [0, 0.05) is 31.5 Å². The predicted octanol–water partition coefficient (Wildman–Crippen LogP) is 2.51. The molecule has 5 nitrogen and oxygen atoms in total. The van der Waals surface area contributed by atoms with E-state index in [-0.39, 0.29) is 11.9 Å². The SMILES string of the molecule is CC1([C@H]2CCCN(C(=O)NC[C@H]3Cc4ccccc43)C2)OCCO1. The van der Waals surface area contributed by atoms with Crippen LogP contribution in [0.15, 0.2) is 24.3 Å². The van der Waals surface area contributed by atoms with Crippen molar-refractivity contribution in [3.63, 3.8) is 0 Å². The number of nitrogens with zero attached hydrogens (tertiary/aromatic N) is 1. The highest BCUT2D eigenvalue weighted by Crippen LogP contribution is 2.35. The molecule has 1 aliphatic carbocycles. The maximum atomic E-state index is 12.6. The van der Waals surface area contributed by atoms with Crippen molar-refractivity contribution < 1.29 is 14.3 Å². The minimum absolute atomic E-state index is 0.0469. The lowest BCUT2D eigenvalue weighted by Gasteiger charge is -2.40. The number of fused-ring (bicyclic) bond motifs is 1. The fourth-order valence-electron chi connectivity index (χ4n) is 4.22. The Balaban J connectivity index is 1.30. The van der Waals surface area contributed by atoms with Crippen molar-refractivity contribution >= 4 is 6.03 Å². The molecule has 2 saturated heterocycles. The molecule has 5 heteroatoms. The second kappa shape index (κ2) is 6.37. The topological polar surface area (TPSA) is 50.8 Å².